The molecule has 90 valence electrons. The van der Waals surface area contributed by atoms with Crippen LogP contribution in [0.4, 0.5) is 5.00 Å². The molecule has 0 atom stereocenters. The van der Waals surface area contributed by atoms with Crippen molar-refractivity contribution in [1.29, 1.82) is 0 Å². The number of nitrogens with zero attached hydrogens (tertiary/aromatic N) is 1. The van der Waals surface area contributed by atoms with Crippen LogP contribution in [0.1, 0.15) is 11.3 Å². The van der Waals surface area contributed by atoms with Gasteiger partial charge in [0, 0.05) is 0 Å². The molecule has 1 aromatic heterocycles. The maximum absolute atomic E-state index is 5.43. The number of aryl methyl sites for hydroxylation is 2. The summed E-state index contributed by atoms with van der Waals surface area (Å²) in [4.78, 5) is 4.50. The Bertz CT molecular complexity index is 537. The lowest BCUT2D eigenvalue weighted by Gasteiger charge is -2.06. The highest BCUT2D eigenvalue weighted by atomic mass is 32.1. The molecular formula is C12H15N3OS. The summed E-state index contributed by atoms with van der Waals surface area (Å²) in [6.07, 6.45) is 0. The number of nitrogens with one attached hydrogen (secondary N) is 1. The monoisotopic (exact) mass is 249 g/mol. The highest BCUT2D eigenvalue weighted by Gasteiger charge is 2.12. The SMILES string of the molecule is COc1ccc(C)cc1-c1nc(C)c(NN)s1. The number of rotatable bonds is 3. The van der Waals surface area contributed by atoms with Crippen molar-refractivity contribution in [2.75, 3.05) is 12.5 Å². The Balaban J connectivity index is 2.54. The highest BCUT2D eigenvalue weighted by Crippen LogP contribution is 2.36. The van der Waals surface area contributed by atoms with Crippen LogP contribution in [0.25, 0.3) is 10.6 Å². The van der Waals surface area contributed by atoms with Crippen molar-refractivity contribution < 1.29 is 4.74 Å². The molecule has 3 N–H and O–H groups in total. The first-order chi connectivity index (χ1) is 8.15. The third kappa shape index (κ3) is 2.25. The Morgan fingerprint density at radius 1 is 1.35 bits per heavy atom. The Hall–Kier alpha value is -1.59. The second-order valence-electron chi connectivity index (χ2n) is 3.78. The molecule has 1 aromatic carbocycles. The van der Waals surface area contributed by atoms with E-state index in [2.05, 4.69) is 16.5 Å². The third-order valence-electron chi connectivity index (χ3n) is 2.51. The van der Waals surface area contributed by atoms with Gasteiger partial charge in [-0.15, -0.1) is 0 Å². The molecular weight excluding hydrogens is 234 g/mol. The molecule has 0 bridgehead atoms. The summed E-state index contributed by atoms with van der Waals surface area (Å²) in [7, 11) is 1.66. The molecule has 0 aliphatic heterocycles. The molecule has 0 aliphatic rings. The minimum Gasteiger partial charge on any atom is -0.496 e. The van der Waals surface area contributed by atoms with Crippen molar-refractivity contribution >= 4 is 16.3 Å². The number of thiazole rings is 1. The lowest BCUT2D eigenvalue weighted by Crippen LogP contribution is -2.05. The molecule has 2 aromatic rings. The summed E-state index contributed by atoms with van der Waals surface area (Å²) in [6, 6.07) is 6.04. The lowest BCUT2D eigenvalue weighted by atomic mass is 10.1. The first-order valence-electron chi connectivity index (χ1n) is 5.24. The molecule has 0 saturated carbocycles. The highest BCUT2D eigenvalue weighted by molar-refractivity contribution is 7.19. The van der Waals surface area contributed by atoms with E-state index in [9.17, 15) is 0 Å². The quantitative estimate of drug-likeness (QED) is 0.648. The fraction of sp³-hybridized carbons (Fsp3) is 0.250. The number of anilines is 1. The lowest BCUT2D eigenvalue weighted by molar-refractivity contribution is 0.416. The molecule has 4 nitrogen and oxygen atoms in total. The van der Waals surface area contributed by atoms with Crippen molar-refractivity contribution in [2.45, 2.75) is 13.8 Å². The summed E-state index contributed by atoms with van der Waals surface area (Å²) in [5, 5.41) is 1.79. The van der Waals surface area contributed by atoms with Crippen molar-refractivity contribution in [3.63, 3.8) is 0 Å². The number of hydrogen-bond donors (Lipinski definition) is 2. The number of benzene rings is 1. The van der Waals surface area contributed by atoms with Gasteiger partial charge in [-0.2, -0.15) is 0 Å². The minimum absolute atomic E-state index is 0.827. The van der Waals surface area contributed by atoms with Gasteiger partial charge in [-0.05, 0) is 26.0 Å². The predicted octanol–water partition coefficient (Wildman–Crippen LogP) is 2.72. The van der Waals surface area contributed by atoms with Crippen molar-refractivity contribution in [3.05, 3.63) is 29.5 Å². The van der Waals surface area contributed by atoms with Gasteiger partial charge in [0.25, 0.3) is 0 Å². The second kappa shape index (κ2) is 4.73. The Morgan fingerprint density at radius 2 is 2.12 bits per heavy atom. The minimum atomic E-state index is 0.827. The first-order valence-corrected chi connectivity index (χ1v) is 6.06. The van der Waals surface area contributed by atoms with Gasteiger partial charge in [0.05, 0.1) is 18.4 Å². The maximum atomic E-state index is 5.43. The number of hydrogen-bond acceptors (Lipinski definition) is 5. The van der Waals surface area contributed by atoms with Gasteiger partial charge in [-0.1, -0.05) is 23.0 Å². The van der Waals surface area contributed by atoms with Gasteiger partial charge in [-0.25, -0.2) is 10.8 Å². The van der Waals surface area contributed by atoms with Gasteiger partial charge in [0.1, 0.15) is 15.8 Å². The van der Waals surface area contributed by atoms with Crippen molar-refractivity contribution in [1.82, 2.24) is 4.98 Å². The van der Waals surface area contributed by atoms with Gasteiger partial charge >= 0.3 is 0 Å². The van der Waals surface area contributed by atoms with Crippen LogP contribution in [-0.2, 0) is 0 Å². The molecule has 17 heavy (non-hydrogen) atoms. The molecule has 2 rings (SSSR count). The standard InChI is InChI=1S/C12H15N3OS/c1-7-4-5-10(16-3)9(6-7)12-14-8(2)11(15-13)17-12/h4-6,15H,13H2,1-3H3. The fourth-order valence-corrected chi connectivity index (χ4v) is 2.53. The zero-order valence-electron chi connectivity index (χ0n) is 10.1. The summed E-state index contributed by atoms with van der Waals surface area (Å²) < 4.78 is 5.35. The number of hydrazine groups is 1. The summed E-state index contributed by atoms with van der Waals surface area (Å²) in [6.45, 7) is 3.98. The van der Waals surface area contributed by atoms with Crippen LogP contribution in [0.3, 0.4) is 0 Å². The van der Waals surface area contributed by atoms with Crippen LogP contribution >= 0.6 is 11.3 Å². The smallest absolute Gasteiger partial charge is 0.129 e. The Kier molecular flexibility index (Phi) is 3.31. The molecule has 0 spiro atoms. The normalized spacial score (nSPS) is 10.4. The zero-order chi connectivity index (χ0) is 12.4. The largest absolute Gasteiger partial charge is 0.496 e. The van der Waals surface area contributed by atoms with Crippen LogP contribution in [-0.4, -0.2) is 12.1 Å². The van der Waals surface area contributed by atoms with Crippen LogP contribution in [0.5, 0.6) is 5.75 Å². The van der Waals surface area contributed by atoms with Crippen LogP contribution in [0.15, 0.2) is 18.2 Å². The van der Waals surface area contributed by atoms with E-state index < -0.39 is 0 Å². The van der Waals surface area contributed by atoms with Crippen molar-refractivity contribution in [3.8, 4) is 16.3 Å². The summed E-state index contributed by atoms with van der Waals surface area (Å²) >= 11 is 1.52. The van der Waals surface area contributed by atoms with Gasteiger partial charge < -0.3 is 10.2 Å². The van der Waals surface area contributed by atoms with Crippen LogP contribution in [0, 0.1) is 13.8 Å². The molecule has 0 fully saturated rings. The zero-order valence-corrected chi connectivity index (χ0v) is 10.9. The molecule has 1 heterocycles. The number of aromatic nitrogens is 1. The summed E-state index contributed by atoms with van der Waals surface area (Å²) in [5.74, 6) is 6.26. The maximum Gasteiger partial charge on any atom is 0.129 e. The van der Waals surface area contributed by atoms with E-state index in [1.54, 1.807) is 7.11 Å². The Labute approximate surface area is 104 Å². The van der Waals surface area contributed by atoms with E-state index in [1.165, 1.54) is 16.9 Å². The number of nitrogens with two attached hydrogens (primary N) is 1. The van der Waals surface area contributed by atoms with Gasteiger partial charge in [0.2, 0.25) is 0 Å². The van der Waals surface area contributed by atoms with Gasteiger partial charge in [0.15, 0.2) is 0 Å². The summed E-state index contributed by atoms with van der Waals surface area (Å²) in [5.41, 5.74) is 5.73. The molecule has 5 heteroatoms. The molecule has 0 saturated heterocycles. The van der Waals surface area contributed by atoms with E-state index in [0.29, 0.717) is 0 Å². The van der Waals surface area contributed by atoms with E-state index in [0.717, 1.165) is 27.0 Å². The average Bonchev–Trinajstić information content (AvgIpc) is 2.70. The van der Waals surface area contributed by atoms with Crippen LogP contribution in [0.2, 0.25) is 0 Å². The predicted molar refractivity (Wildman–Crippen MR) is 71.4 cm³/mol. The van der Waals surface area contributed by atoms with E-state index >= 15 is 0 Å². The van der Waals surface area contributed by atoms with Gasteiger partial charge in [-0.3, -0.25) is 0 Å². The number of nitrogen functional groups attached to an aromatic ring is 1. The Morgan fingerprint density at radius 3 is 2.71 bits per heavy atom. The molecule has 0 unspecified atom stereocenters. The van der Waals surface area contributed by atoms with Crippen LogP contribution < -0.4 is 16.0 Å². The fourth-order valence-electron chi connectivity index (χ4n) is 1.63. The second-order valence-corrected chi connectivity index (χ2v) is 4.78. The third-order valence-corrected chi connectivity index (χ3v) is 3.64. The van der Waals surface area contributed by atoms with E-state index in [-0.39, 0.29) is 0 Å². The van der Waals surface area contributed by atoms with E-state index in [1.807, 2.05) is 26.0 Å². The topological polar surface area (TPSA) is 60.2 Å². The number of ether oxygens (including phenoxy) is 1. The average molecular weight is 249 g/mol. The number of methoxy groups -OCH3 is 1. The molecule has 0 amide bonds. The van der Waals surface area contributed by atoms with E-state index in [4.69, 9.17) is 10.6 Å². The first kappa shape index (κ1) is 11.9. The van der Waals surface area contributed by atoms with Crippen molar-refractivity contribution in [2.24, 2.45) is 5.84 Å². The molecule has 0 radical (unpaired) electrons. The molecule has 0 aliphatic carbocycles.